The van der Waals surface area contributed by atoms with Crippen LogP contribution in [0.25, 0.3) is 0 Å². The molecular weight excluding hydrogens is 380 g/mol. The van der Waals surface area contributed by atoms with E-state index in [1.165, 1.54) is 0 Å². The Hall–Kier alpha value is -3.02. The Morgan fingerprint density at radius 3 is 2.37 bits per heavy atom. The van der Waals surface area contributed by atoms with Crippen LogP contribution in [-0.4, -0.2) is 31.1 Å². The molecule has 1 heterocycles. The third kappa shape index (κ3) is 5.32. The van der Waals surface area contributed by atoms with Crippen molar-refractivity contribution < 1.29 is 19.1 Å². The summed E-state index contributed by atoms with van der Waals surface area (Å²) in [5, 5.41) is 5.90. The van der Waals surface area contributed by atoms with Crippen molar-refractivity contribution in [1.29, 1.82) is 0 Å². The average Bonchev–Trinajstić information content (AvgIpc) is 2.96. The van der Waals surface area contributed by atoms with E-state index in [1.54, 1.807) is 6.07 Å². The third-order valence-electron chi connectivity index (χ3n) is 5.15. The lowest BCUT2D eigenvalue weighted by atomic mass is 10.0. The van der Waals surface area contributed by atoms with Crippen LogP contribution in [0.2, 0.25) is 0 Å². The highest BCUT2D eigenvalue weighted by Crippen LogP contribution is 2.32. The van der Waals surface area contributed by atoms with Crippen LogP contribution in [0.3, 0.4) is 0 Å². The summed E-state index contributed by atoms with van der Waals surface area (Å²) in [4.78, 5) is 25.6. The second-order valence-electron chi connectivity index (χ2n) is 8.05. The van der Waals surface area contributed by atoms with Crippen molar-refractivity contribution in [1.82, 2.24) is 10.6 Å². The topological polar surface area (TPSA) is 76.7 Å². The molecule has 1 aliphatic heterocycles. The van der Waals surface area contributed by atoms with Gasteiger partial charge in [0.05, 0.1) is 19.3 Å². The van der Waals surface area contributed by atoms with Gasteiger partial charge in [-0.25, -0.2) is 0 Å². The van der Waals surface area contributed by atoms with Crippen LogP contribution in [0, 0.1) is 12.8 Å². The molecule has 0 radical (unpaired) electrons. The van der Waals surface area contributed by atoms with Crippen molar-refractivity contribution in [3.05, 3.63) is 59.2 Å². The van der Waals surface area contributed by atoms with Gasteiger partial charge in [-0.2, -0.15) is 0 Å². The van der Waals surface area contributed by atoms with E-state index < -0.39 is 6.04 Å². The van der Waals surface area contributed by atoms with Gasteiger partial charge in [-0.15, -0.1) is 0 Å². The number of rotatable bonds is 6. The average molecular weight is 411 g/mol. The van der Waals surface area contributed by atoms with Crippen LogP contribution in [0.5, 0.6) is 11.5 Å². The lowest BCUT2D eigenvalue weighted by molar-refractivity contribution is -0.124. The van der Waals surface area contributed by atoms with Crippen molar-refractivity contribution in [3.63, 3.8) is 0 Å². The molecule has 2 aromatic rings. The maximum absolute atomic E-state index is 13.0. The van der Waals surface area contributed by atoms with E-state index in [9.17, 15) is 9.59 Å². The molecule has 2 amide bonds. The first kappa shape index (κ1) is 21.7. The van der Waals surface area contributed by atoms with Gasteiger partial charge in [-0.1, -0.05) is 37.6 Å². The van der Waals surface area contributed by atoms with Crippen LogP contribution < -0.4 is 20.1 Å². The van der Waals surface area contributed by atoms with E-state index >= 15 is 0 Å². The van der Waals surface area contributed by atoms with Crippen molar-refractivity contribution in [2.75, 3.05) is 13.2 Å². The van der Waals surface area contributed by atoms with Crippen molar-refractivity contribution >= 4 is 11.8 Å². The number of nitrogens with one attached hydrogen (secondary N) is 2. The summed E-state index contributed by atoms with van der Waals surface area (Å²) in [6.45, 7) is 8.92. The summed E-state index contributed by atoms with van der Waals surface area (Å²) in [5.74, 6) is 0.885. The molecule has 0 spiro atoms. The molecule has 6 nitrogen and oxygen atoms in total. The molecule has 3 rings (SSSR count). The number of hydrogen-bond donors (Lipinski definition) is 2. The Labute approximate surface area is 178 Å². The predicted molar refractivity (Wildman–Crippen MR) is 116 cm³/mol. The standard InChI is InChI=1S/C24H30N2O4/c1-15(2)22(26-23(27)19-8-5-7-16(3)13-19)24(28)25-17(4)18-9-10-20-21(14-18)30-12-6-11-29-20/h5,7-10,13-15,17,22H,6,11-12H2,1-4H3,(H,25,28)(H,26,27). The first-order chi connectivity index (χ1) is 14.3. The molecule has 2 N–H and O–H groups in total. The lowest BCUT2D eigenvalue weighted by Gasteiger charge is -2.24. The van der Waals surface area contributed by atoms with Crippen LogP contribution in [0.15, 0.2) is 42.5 Å². The van der Waals surface area contributed by atoms with Gasteiger partial charge in [-0.3, -0.25) is 9.59 Å². The van der Waals surface area contributed by atoms with Gasteiger partial charge in [0, 0.05) is 12.0 Å². The van der Waals surface area contributed by atoms with E-state index in [4.69, 9.17) is 9.47 Å². The summed E-state index contributed by atoms with van der Waals surface area (Å²) >= 11 is 0. The van der Waals surface area contributed by atoms with Crippen LogP contribution >= 0.6 is 0 Å². The summed E-state index contributed by atoms with van der Waals surface area (Å²) in [5.41, 5.74) is 2.46. The van der Waals surface area contributed by atoms with E-state index in [2.05, 4.69) is 10.6 Å². The maximum atomic E-state index is 13.0. The van der Waals surface area contributed by atoms with Gasteiger partial charge >= 0.3 is 0 Å². The Bertz CT molecular complexity index is 910. The zero-order valence-corrected chi connectivity index (χ0v) is 18.0. The highest BCUT2D eigenvalue weighted by Gasteiger charge is 2.26. The molecule has 2 atom stereocenters. The Kier molecular flexibility index (Phi) is 6.98. The highest BCUT2D eigenvalue weighted by atomic mass is 16.5. The number of ether oxygens (including phenoxy) is 2. The number of amides is 2. The van der Waals surface area contributed by atoms with Gasteiger partial charge in [0.25, 0.3) is 5.91 Å². The van der Waals surface area contributed by atoms with Crippen LogP contribution in [0.4, 0.5) is 0 Å². The second-order valence-corrected chi connectivity index (χ2v) is 8.05. The normalized spacial score (nSPS) is 15.1. The summed E-state index contributed by atoms with van der Waals surface area (Å²) in [6, 6.07) is 12.1. The minimum absolute atomic E-state index is 0.0604. The SMILES string of the molecule is Cc1cccc(C(=O)NC(C(=O)NC(C)c2ccc3c(c2)OCCCO3)C(C)C)c1. The van der Waals surface area contributed by atoms with Crippen molar-refractivity contribution in [2.24, 2.45) is 5.92 Å². The molecule has 30 heavy (non-hydrogen) atoms. The van der Waals surface area contributed by atoms with Gasteiger partial charge in [-0.05, 0) is 49.6 Å². The highest BCUT2D eigenvalue weighted by molar-refractivity contribution is 5.97. The van der Waals surface area contributed by atoms with E-state index in [1.807, 2.05) is 64.1 Å². The zero-order chi connectivity index (χ0) is 21.7. The smallest absolute Gasteiger partial charge is 0.251 e. The minimum Gasteiger partial charge on any atom is -0.490 e. The quantitative estimate of drug-likeness (QED) is 0.760. The summed E-state index contributed by atoms with van der Waals surface area (Å²) in [6.07, 6.45) is 0.840. The molecular formula is C24H30N2O4. The fourth-order valence-corrected chi connectivity index (χ4v) is 3.38. The second kappa shape index (κ2) is 9.65. The van der Waals surface area contributed by atoms with Crippen molar-refractivity contribution in [2.45, 2.75) is 46.2 Å². The number of carbonyl (C=O) groups is 2. The first-order valence-corrected chi connectivity index (χ1v) is 10.4. The summed E-state index contributed by atoms with van der Waals surface area (Å²) < 4.78 is 11.4. The summed E-state index contributed by atoms with van der Waals surface area (Å²) in [7, 11) is 0. The monoisotopic (exact) mass is 410 g/mol. The van der Waals surface area contributed by atoms with Crippen LogP contribution in [-0.2, 0) is 4.79 Å². The minimum atomic E-state index is -0.638. The predicted octanol–water partition coefficient (Wildman–Crippen LogP) is 3.79. The molecule has 0 bridgehead atoms. The fraction of sp³-hybridized carbons (Fsp3) is 0.417. The van der Waals surface area contributed by atoms with Gasteiger partial charge < -0.3 is 20.1 Å². The molecule has 160 valence electrons. The van der Waals surface area contributed by atoms with E-state index in [0.717, 1.165) is 23.3 Å². The molecule has 1 aliphatic rings. The Morgan fingerprint density at radius 1 is 0.933 bits per heavy atom. The first-order valence-electron chi connectivity index (χ1n) is 10.4. The largest absolute Gasteiger partial charge is 0.490 e. The van der Waals surface area contributed by atoms with Gasteiger partial charge in [0.2, 0.25) is 5.91 Å². The van der Waals surface area contributed by atoms with Gasteiger partial charge in [0.15, 0.2) is 11.5 Å². The molecule has 6 heteroatoms. The van der Waals surface area contributed by atoms with Crippen LogP contribution in [0.1, 0.15) is 54.7 Å². The molecule has 0 aliphatic carbocycles. The Morgan fingerprint density at radius 2 is 1.67 bits per heavy atom. The maximum Gasteiger partial charge on any atom is 0.251 e. The number of hydrogen-bond acceptors (Lipinski definition) is 4. The van der Waals surface area contributed by atoms with E-state index in [-0.39, 0.29) is 23.8 Å². The van der Waals surface area contributed by atoms with E-state index in [0.29, 0.717) is 24.5 Å². The molecule has 0 aromatic heterocycles. The zero-order valence-electron chi connectivity index (χ0n) is 18.0. The molecule has 0 saturated carbocycles. The Balaban J connectivity index is 1.68. The number of benzene rings is 2. The van der Waals surface area contributed by atoms with Gasteiger partial charge in [0.1, 0.15) is 6.04 Å². The fourth-order valence-electron chi connectivity index (χ4n) is 3.38. The molecule has 2 unspecified atom stereocenters. The van der Waals surface area contributed by atoms with Crippen molar-refractivity contribution in [3.8, 4) is 11.5 Å². The number of aryl methyl sites for hydroxylation is 1. The molecule has 0 saturated heterocycles. The molecule has 0 fully saturated rings. The number of carbonyl (C=O) groups excluding carboxylic acids is 2. The third-order valence-corrected chi connectivity index (χ3v) is 5.15. The number of fused-ring (bicyclic) bond motifs is 1. The lowest BCUT2D eigenvalue weighted by Crippen LogP contribution is -2.50. The molecule has 2 aromatic carbocycles.